The molecule has 106 valence electrons. The van der Waals surface area contributed by atoms with Gasteiger partial charge in [-0.15, -0.1) is 0 Å². The van der Waals surface area contributed by atoms with Crippen molar-refractivity contribution in [2.45, 2.75) is 58.7 Å². The molecule has 0 aromatic carbocycles. The van der Waals surface area contributed by atoms with Crippen LogP contribution in [0, 0.1) is 6.92 Å². The minimum atomic E-state index is 0.0742. The Balaban J connectivity index is 2.30. The largest absolute Gasteiger partial charge is 0.330 e. The van der Waals surface area contributed by atoms with E-state index in [9.17, 15) is 4.79 Å². The molecule has 2 atom stereocenters. The summed E-state index contributed by atoms with van der Waals surface area (Å²) in [6.07, 6.45) is 3.21. The van der Waals surface area contributed by atoms with E-state index >= 15 is 0 Å². The first-order valence-electron chi connectivity index (χ1n) is 7.15. The number of likely N-dealkylation sites (tertiary alicyclic amines) is 1. The predicted octanol–water partition coefficient (Wildman–Crippen LogP) is 1.55. The number of carbonyl (C=O) groups excluding carboxylic acids is 1. The van der Waals surface area contributed by atoms with Crippen LogP contribution in [-0.2, 0) is 6.54 Å². The van der Waals surface area contributed by atoms with Crippen LogP contribution in [0.3, 0.4) is 0 Å². The molecule has 1 fully saturated rings. The lowest BCUT2D eigenvalue weighted by Gasteiger charge is -2.40. The molecule has 1 aromatic heterocycles. The molecule has 2 rings (SSSR count). The van der Waals surface area contributed by atoms with E-state index in [1.54, 1.807) is 4.68 Å². The van der Waals surface area contributed by atoms with Gasteiger partial charge < -0.3 is 10.6 Å². The Morgan fingerprint density at radius 1 is 1.53 bits per heavy atom. The number of aryl methyl sites for hydroxylation is 2. The highest BCUT2D eigenvalue weighted by Gasteiger charge is 2.32. The molecule has 1 amide bonds. The molecule has 1 aliphatic rings. The van der Waals surface area contributed by atoms with Crippen molar-refractivity contribution in [3.63, 3.8) is 0 Å². The van der Waals surface area contributed by atoms with E-state index in [0.717, 1.165) is 25.0 Å². The maximum absolute atomic E-state index is 12.8. The number of carbonyl (C=O) groups is 1. The number of aromatic nitrogens is 2. The van der Waals surface area contributed by atoms with Crippen LogP contribution in [-0.4, -0.2) is 39.2 Å². The molecule has 2 unspecified atom stereocenters. The molecule has 0 radical (unpaired) electrons. The van der Waals surface area contributed by atoms with Gasteiger partial charge in [0, 0.05) is 25.2 Å². The second-order valence-corrected chi connectivity index (χ2v) is 5.37. The molecule has 0 spiro atoms. The number of piperidine rings is 1. The van der Waals surface area contributed by atoms with Gasteiger partial charge in [0.15, 0.2) is 0 Å². The molecule has 5 heteroatoms. The fraction of sp³-hybridized carbons (Fsp3) is 0.714. The first-order chi connectivity index (χ1) is 9.08. The predicted molar refractivity (Wildman–Crippen MR) is 75.0 cm³/mol. The summed E-state index contributed by atoms with van der Waals surface area (Å²) in [4.78, 5) is 14.7. The second kappa shape index (κ2) is 5.74. The summed E-state index contributed by atoms with van der Waals surface area (Å²) in [6.45, 7) is 7.28. The molecule has 2 N–H and O–H groups in total. The van der Waals surface area contributed by atoms with Gasteiger partial charge in [0.1, 0.15) is 5.69 Å². The van der Waals surface area contributed by atoms with Crippen molar-refractivity contribution in [3.05, 3.63) is 17.5 Å². The van der Waals surface area contributed by atoms with Crippen molar-refractivity contribution in [1.29, 1.82) is 0 Å². The highest BCUT2D eigenvalue weighted by molar-refractivity contribution is 5.93. The van der Waals surface area contributed by atoms with E-state index in [4.69, 9.17) is 5.73 Å². The van der Waals surface area contributed by atoms with Crippen molar-refractivity contribution < 1.29 is 4.79 Å². The third kappa shape index (κ3) is 2.66. The Kier molecular flexibility index (Phi) is 4.24. The zero-order chi connectivity index (χ0) is 14.0. The molecule has 0 saturated carbocycles. The van der Waals surface area contributed by atoms with Gasteiger partial charge in [0.2, 0.25) is 0 Å². The van der Waals surface area contributed by atoms with E-state index in [-0.39, 0.29) is 18.0 Å². The SMILES string of the molecule is CCn1nc(C)cc1C(=O)N1C(C)CCCC1CN. The summed E-state index contributed by atoms with van der Waals surface area (Å²) in [5.41, 5.74) is 7.41. The van der Waals surface area contributed by atoms with Crippen LogP contribution in [0.1, 0.15) is 49.3 Å². The summed E-state index contributed by atoms with van der Waals surface area (Å²) in [7, 11) is 0. The zero-order valence-electron chi connectivity index (χ0n) is 12.1. The summed E-state index contributed by atoms with van der Waals surface area (Å²) in [5, 5.41) is 4.36. The molecule has 1 aliphatic heterocycles. The highest BCUT2D eigenvalue weighted by atomic mass is 16.2. The lowest BCUT2D eigenvalue weighted by molar-refractivity contribution is 0.0481. The molecular formula is C14H24N4O. The lowest BCUT2D eigenvalue weighted by Crippen LogP contribution is -2.52. The van der Waals surface area contributed by atoms with E-state index in [2.05, 4.69) is 12.0 Å². The molecular weight excluding hydrogens is 240 g/mol. The Morgan fingerprint density at radius 2 is 2.26 bits per heavy atom. The number of amides is 1. The Hall–Kier alpha value is -1.36. The number of hydrogen-bond acceptors (Lipinski definition) is 3. The Labute approximate surface area is 114 Å². The van der Waals surface area contributed by atoms with Crippen LogP contribution in [0.4, 0.5) is 0 Å². The Bertz CT molecular complexity index is 454. The summed E-state index contributed by atoms with van der Waals surface area (Å²) in [5.74, 6) is 0.0742. The highest BCUT2D eigenvalue weighted by Crippen LogP contribution is 2.24. The van der Waals surface area contributed by atoms with E-state index < -0.39 is 0 Å². The second-order valence-electron chi connectivity index (χ2n) is 5.37. The normalized spacial score (nSPS) is 23.7. The maximum atomic E-state index is 12.8. The zero-order valence-corrected chi connectivity index (χ0v) is 12.1. The average molecular weight is 264 g/mol. The van der Waals surface area contributed by atoms with Crippen molar-refractivity contribution in [3.8, 4) is 0 Å². The monoisotopic (exact) mass is 264 g/mol. The quantitative estimate of drug-likeness (QED) is 0.901. The molecule has 1 saturated heterocycles. The summed E-state index contributed by atoms with van der Waals surface area (Å²) >= 11 is 0. The smallest absolute Gasteiger partial charge is 0.272 e. The van der Waals surface area contributed by atoms with Crippen LogP contribution in [0.25, 0.3) is 0 Å². The van der Waals surface area contributed by atoms with Gasteiger partial charge in [0.25, 0.3) is 5.91 Å². The first-order valence-corrected chi connectivity index (χ1v) is 7.15. The van der Waals surface area contributed by atoms with Crippen LogP contribution in [0.2, 0.25) is 0 Å². The summed E-state index contributed by atoms with van der Waals surface area (Å²) in [6, 6.07) is 2.30. The Morgan fingerprint density at radius 3 is 2.89 bits per heavy atom. The number of nitrogens with zero attached hydrogens (tertiary/aromatic N) is 3. The topological polar surface area (TPSA) is 64.2 Å². The minimum absolute atomic E-state index is 0.0742. The third-order valence-corrected chi connectivity index (χ3v) is 3.95. The van der Waals surface area contributed by atoms with E-state index in [0.29, 0.717) is 18.8 Å². The number of rotatable bonds is 3. The van der Waals surface area contributed by atoms with Gasteiger partial charge in [0.05, 0.1) is 5.69 Å². The molecule has 0 aliphatic carbocycles. The van der Waals surface area contributed by atoms with Gasteiger partial charge in [-0.1, -0.05) is 0 Å². The molecule has 1 aromatic rings. The van der Waals surface area contributed by atoms with Gasteiger partial charge in [-0.3, -0.25) is 9.48 Å². The average Bonchev–Trinajstić information content (AvgIpc) is 2.78. The van der Waals surface area contributed by atoms with Gasteiger partial charge in [-0.2, -0.15) is 5.10 Å². The maximum Gasteiger partial charge on any atom is 0.272 e. The van der Waals surface area contributed by atoms with Crippen LogP contribution in [0.5, 0.6) is 0 Å². The first kappa shape index (κ1) is 14.1. The molecule has 0 bridgehead atoms. The molecule has 19 heavy (non-hydrogen) atoms. The molecule has 2 heterocycles. The lowest BCUT2D eigenvalue weighted by atomic mass is 9.96. The standard InChI is InChI=1S/C14H24N4O/c1-4-17-13(8-10(2)16-17)14(19)18-11(3)6-5-7-12(18)9-15/h8,11-12H,4-7,9,15H2,1-3H3. The van der Waals surface area contributed by atoms with Crippen LogP contribution >= 0.6 is 0 Å². The number of hydrogen-bond donors (Lipinski definition) is 1. The van der Waals surface area contributed by atoms with Crippen molar-refractivity contribution >= 4 is 5.91 Å². The van der Waals surface area contributed by atoms with E-state index in [1.807, 2.05) is 24.8 Å². The third-order valence-electron chi connectivity index (χ3n) is 3.95. The number of nitrogens with two attached hydrogens (primary N) is 1. The van der Waals surface area contributed by atoms with Crippen LogP contribution in [0.15, 0.2) is 6.07 Å². The van der Waals surface area contributed by atoms with Gasteiger partial charge in [-0.05, 0) is 46.1 Å². The summed E-state index contributed by atoms with van der Waals surface area (Å²) < 4.78 is 1.78. The fourth-order valence-corrected chi connectivity index (χ4v) is 2.98. The molecule has 5 nitrogen and oxygen atoms in total. The van der Waals surface area contributed by atoms with Gasteiger partial charge >= 0.3 is 0 Å². The minimum Gasteiger partial charge on any atom is -0.330 e. The van der Waals surface area contributed by atoms with E-state index in [1.165, 1.54) is 0 Å². The van der Waals surface area contributed by atoms with Gasteiger partial charge in [-0.25, -0.2) is 0 Å². The van der Waals surface area contributed by atoms with Crippen LogP contribution < -0.4 is 5.73 Å². The van der Waals surface area contributed by atoms with Crippen molar-refractivity contribution in [2.24, 2.45) is 5.73 Å². The van der Waals surface area contributed by atoms with Crippen molar-refractivity contribution in [2.75, 3.05) is 6.54 Å². The van der Waals surface area contributed by atoms with Crippen molar-refractivity contribution in [1.82, 2.24) is 14.7 Å². The fourth-order valence-electron chi connectivity index (χ4n) is 2.98.